The number of allylic oxidation sites excluding steroid dienone is 5. The molecule has 0 atom stereocenters. The quantitative estimate of drug-likeness (QED) is 0.477. The molecule has 0 aromatic heterocycles. The summed E-state index contributed by atoms with van der Waals surface area (Å²) in [6, 6.07) is 1.95. The molecule has 0 N–H and O–H groups in total. The second-order valence-electron chi connectivity index (χ2n) is 5.75. The van der Waals surface area contributed by atoms with E-state index in [-0.39, 0.29) is 0 Å². The first-order chi connectivity index (χ1) is 9.44. The van der Waals surface area contributed by atoms with Crippen molar-refractivity contribution >= 4 is 16.9 Å². The molecular formula is C15H28O3Si2. The molecule has 0 bridgehead atoms. The van der Waals surface area contributed by atoms with Crippen LogP contribution in [0, 0.1) is 0 Å². The van der Waals surface area contributed by atoms with Gasteiger partial charge in [0.05, 0.1) is 8.07 Å². The van der Waals surface area contributed by atoms with Crippen molar-refractivity contribution in [2.45, 2.75) is 38.0 Å². The van der Waals surface area contributed by atoms with Crippen LogP contribution in [0.5, 0.6) is 0 Å². The van der Waals surface area contributed by atoms with E-state index >= 15 is 0 Å². The first kappa shape index (κ1) is 17.6. The van der Waals surface area contributed by atoms with Crippen molar-refractivity contribution in [1.29, 1.82) is 0 Å². The summed E-state index contributed by atoms with van der Waals surface area (Å²) in [5.74, 6) is 0. The lowest BCUT2D eigenvalue weighted by atomic mass is 10.2. The largest absolute Gasteiger partial charge is 0.500 e. The standard InChI is InChI=1S/C15H28O3Si2/c1-7-12-19(5,6)15-10-8-9-14(15)11-13-20(16-2,17-3)18-4/h7,9-10H,1,8,11-13H2,2-6H3. The average Bonchev–Trinajstić information content (AvgIpc) is 2.90. The highest BCUT2D eigenvalue weighted by Gasteiger charge is 2.38. The smallest absolute Gasteiger partial charge is 0.377 e. The third-order valence-electron chi connectivity index (χ3n) is 4.05. The molecule has 1 rings (SSSR count). The van der Waals surface area contributed by atoms with Gasteiger partial charge in [-0.05, 0) is 18.9 Å². The van der Waals surface area contributed by atoms with E-state index in [9.17, 15) is 0 Å². The van der Waals surface area contributed by atoms with E-state index in [2.05, 4.69) is 37.9 Å². The van der Waals surface area contributed by atoms with Crippen molar-refractivity contribution in [1.82, 2.24) is 0 Å². The molecule has 0 radical (unpaired) electrons. The Balaban J connectivity index is 2.74. The lowest BCUT2D eigenvalue weighted by Gasteiger charge is -2.28. The maximum Gasteiger partial charge on any atom is 0.500 e. The molecule has 114 valence electrons. The average molecular weight is 313 g/mol. The molecule has 0 aliphatic heterocycles. The van der Waals surface area contributed by atoms with Crippen LogP contribution in [0.3, 0.4) is 0 Å². The minimum absolute atomic E-state index is 0.832. The van der Waals surface area contributed by atoms with Gasteiger partial charge in [-0.1, -0.05) is 42.1 Å². The molecule has 0 amide bonds. The van der Waals surface area contributed by atoms with Gasteiger partial charge in [0, 0.05) is 27.4 Å². The van der Waals surface area contributed by atoms with E-state index in [0.717, 1.165) is 24.9 Å². The van der Waals surface area contributed by atoms with E-state index < -0.39 is 16.9 Å². The minimum atomic E-state index is -2.46. The Morgan fingerprint density at radius 2 is 1.75 bits per heavy atom. The zero-order valence-electron chi connectivity index (χ0n) is 13.5. The summed E-state index contributed by atoms with van der Waals surface area (Å²) in [4.78, 5) is 0. The summed E-state index contributed by atoms with van der Waals surface area (Å²) in [6.45, 7) is 8.72. The van der Waals surface area contributed by atoms with Crippen molar-refractivity contribution in [3.8, 4) is 0 Å². The molecule has 0 spiro atoms. The Morgan fingerprint density at radius 1 is 1.15 bits per heavy atom. The van der Waals surface area contributed by atoms with Gasteiger partial charge in [-0.25, -0.2) is 0 Å². The highest BCUT2D eigenvalue weighted by Crippen LogP contribution is 2.35. The molecule has 1 aliphatic rings. The molecule has 3 nitrogen and oxygen atoms in total. The summed E-state index contributed by atoms with van der Waals surface area (Å²) in [6.07, 6.45) is 8.82. The Kier molecular flexibility index (Phi) is 6.61. The van der Waals surface area contributed by atoms with Gasteiger partial charge >= 0.3 is 8.80 Å². The number of hydrogen-bond donors (Lipinski definition) is 0. The second kappa shape index (κ2) is 7.52. The molecular weight excluding hydrogens is 284 g/mol. The lowest BCUT2D eigenvalue weighted by Crippen LogP contribution is -2.42. The predicted octanol–water partition coefficient (Wildman–Crippen LogP) is 3.94. The third-order valence-corrected chi connectivity index (χ3v) is 10.1. The van der Waals surface area contributed by atoms with Crippen molar-refractivity contribution in [3.63, 3.8) is 0 Å². The van der Waals surface area contributed by atoms with Crippen LogP contribution in [0.4, 0.5) is 0 Å². The Labute approximate surface area is 125 Å². The van der Waals surface area contributed by atoms with E-state index in [1.54, 1.807) is 26.5 Å². The molecule has 1 aliphatic carbocycles. The van der Waals surface area contributed by atoms with Crippen molar-refractivity contribution < 1.29 is 13.3 Å². The zero-order chi connectivity index (χ0) is 15.2. The van der Waals surface area contributed by atoms with Crippen LogP contribution in [-0.2, 0) is 13.3 Å². The van der Waals surface area contributed by atoms with Crippen LogP contribution in [-0.4, -0.2) is 38.2 Å². The fourth-order valence-electron chi connectivity index (χ4n) is 2.82. The van der Waals surface area contributed by atoms with Crippen LogP contribution in [0.25, 0.3) is 0 Å². The molecule has 0 unspecified atom stereocenters. The summed E-state index contributed by atoms with van der Waals surface area (Å²) in [5, 5.41) is 1.57. The molecule has 5 heteroatoms. The van der Waals surface area contributed by atoms with E-state index in [4.69, 9.17) is 13.3 Å². The van der Waals surface area contributed by atoms with Gasteiger partial charge in [-0.15, -0.1) is 6.58 Å². The van der Waals surface area contributed by atoms with E-state index in [1.807, 2.05) is 0 Å². The highest BCUT2D eigenvalue weighted by molar-refractivity contribution is 6.85. The number of rotatable bonds is 9. The van der Waals surface area contributed by atoms with Gasteiger partial charge in [-0.2, -0.15) is 0 Å². The van der Waals surface area contributed by atoms with Gasteiger partial charge in [0.25, 0.3) is 0 Å². The molecule has 0 heterocycles. The van der Waals surface area contributed by atoms with E-state index in [0.29, 0.717) is 0 Å². The minimum Gasteiger partial charge on any atom is -0.377 e. The molecule has 0 aromatic rings. The lowest BCUT2D eigenvalue weighted by molar-refractivity contribution is 0.124. The molecule has 0 saturated heterocycles. The summed E-state index contributed by atoms with van der Waals surface area (Å²) in [5.41, 5.74) is 1.46. The molecule has 0 saturated carbocycles. The Hall–Kier alpha value is -0.466. The first-order valence-electron chi connectivity index (χ1n) is 7.11. The summed E-state index contributed by atoms with van der Waals surface area (Å²) in [7, 11) is 1.17. The zero-order valence-corrected chi connectivity index (χ0v) is 15.5. The van der Waals surface area contributed by atoms with Crippen molar-refractivity contribution in [2.75, 3.05) is 21.3 Å². The topological polar surface area (TPSA) is 27.7 Å². The van der Waals surface area contributed by atoms with Crippen LogP contribution < -0.4 is 0 Å². The Morgan fingerprint density at radius 3 is 2.25 bits per heavy atom. The van der Waals surface area contributed by atoms with Crippen molar-refractivity contribution in [2.24, 2.45) is 0 Å². The van der Waals surface area contributed by atoms with Crippen LogP contribution >= 0.6 is 0 Å². The van der Waals surface area contributed by atoms with Crippen molar-refractivity contribution in [3.05, 3.63) is 35.6 Å². The summed E-state index contributed by atoms with van der Waals surface area (Å²) >= 11 is 0. The monoisotopic (exact) mass is 312 g/mol. The van der Waals surface area contributed by atoms with E-state index in [1.165, 1.54) is 5.57 Å². The predicted molar refractivity (Wildman–Crippen MR) is 89.5 cm³/mol. The van der Waals surface area contributed by atoms with Crippen LogP contribution in [0.1, 0.15) is 12.8 Å². The Bertz CT molecular complexity index is 388. The summed E-state index contributed by atoms with van der Waals surface area (Å²) < 4.78 is 16.5. The maximum absolute atomic E-state index is 5.51. The van der Waals surface area contributed by atoms with Gasteiger partial charge in [0.2, 0.25) is 0 Å². The van der Waals surface area contributed by atoms with Crippen LogP contribution in [0.2, 0.25) is 25.2 Å². The fourth-order valence-corrected chi connectivity index (χ4v) is 7.22. The molecule has 0 fully saturated rings. The van der Waals surface area contributed by atoms with Gasteiger partial charge in [0.1, 0.15) is 0 Å². The van der Waals surface area contributed by atoms with Gasteiger partial charge < -0.3 is 13.3 Å². The van der Waals surface area contributed by atoms with Crippen LogP contribution in [0.15, 0.2) is 35.6 Å². The molecule has 0 aromatic carbocycles. The normalized spacial score (nSPS) is 16.1. The van der Waals surface area contributed by atoms with Gasteiger partial charge in [0.15, 0.2) is 0 Å². The maximum atomic E-state index is 5.51. The number of hydrogen-bond acceptors (Lipinski definition) is 3. The second-order valence-corrected chi connectivity index (χ2v) is 13.6. The third kappa shape index (κ3) is 4.02. The molecule has 20 heavy (non-hydrogen) atoms. The van der Waals surface area contributed by atoms with Gasteiger partial charge in [-0.3, -0.25) is 0 Å². The first-order valence-corrected chi connectivity index (χ1v) is 12.2. The highest BCUT2D eigenvalue weighted by atomic mass is 28.4. The SMILES string of the molecule is C=CC[Si](C)(C)C1=CCC=C1CC[Si](OC)(OC)OC. The fraction of sp³-hybridized carbons (Fsp3) is 0.600.